The van der Waals surface area contributed by atoms with Crippen molar-refractivity contribution >= 4 is 5.97 Å². The first-order valence-corrected chi connectivity index (χ1v) is 12.4. The number of esters is 1. The molecule has 2 atom stereocenters. The van der Waals surface area contributed by atoms with E-state index in [1.54, 1.807) is 18.2 Å². The topological polar surface area (TPSA) is 106 Å². The number of rotatable bonds is 12. The lowest BCUT2D eigenvalue weighted by molar-refractivity contribution is -0.131. The maximum absolute atomic E-state index is 11.2. The Morgan fingerprint density at radius 3 is 2.70 bits per heavy atom. The Balaban J connectivity index is 1.20. The number of carbonyl (C=O) groups excluding carboxylic acids is 1. The number of carbonyl (C=O) groups is 1. The largest absolute Gasteiger partial charge is 0.486 e. The summed E-state index contributed by atoms with van der Waals surface area (Å²) in [5, 5.41) is 23.3. The molecular formula is C29H33NO7. The summed E-state index contributed by atoms with van der Waals surface area (Å²) in [4.78, 5) is 11.2. The Morgan fingerprint density at radius 2 is 1.92 bits per heavy atom. The van der Waals surface area contributed by atoms with E-state index in [0.717, 1.165) is 23.3 Å². The van der Waals surface area contributed by atoms with Gasteiger partial charge in [0.25, 0.3) is 0 Å². The summed E-state index contributed by atoms with van der Waals surface area (Å²) in [6.45, 7) is 3.43. The van der Waals surface area contributed by atoms with Crippen molar-refractivity contribution in [1.29, 1.82) is 0 Å². The molecule has 0 radical (unpaired) electrons. The van der Waals surface area contributed by atoms with E-state index in [1.165, 1.54) is 6.92 Å². The molecule has 8 nitrogen and oxygen atoms in total. The van der Waals surface area contributed by atoms with Crippen molar-refractivity contribution in [1.82, 2.24) is 5.32 Å². The van der Waals surface area contributed by atoms with Crippen molar-refractivity contribution in [2.45, 2.75) is 38.8 Å². The second-order valence-corrected chi connectivity index (χ2v) is 8.92. The number of benzene rings is 3. The summed E-state index contributed by atoms with van der Waals surface area (Å²) < 4.78 is 22.8. The highest BCUT2D eigenvalue weighted by Gasteiger charge is 2.21. The van der Waals surface area contributed by atoms with Crippen LogP contribution in [-0.2, 0) is 29.2 Å². The fourth-order valence-electron chi connectivity index (χ4n) is 4.05. The first-order chi connectivity index (χ1) is 18.0. The number of ether oxygens (including phenoxy) is 4. The molecule has 196 valence electrons. The zero-order chi connectivity index (χ0) is 26.0. The van der Waals surface area contributed by atoms with Gasteiger partial charge >= 0.3 is 5.97 Å². The van der Waals surface area contributed by atoms with Crippen LogP contribution in [0.4, 0.5) is 0 Å². The molecule has 0 aromatic heterocycles. The summed E-state index contributed by atoms with van der Waals surface area (Å²) in [7, 11) is 0. The van der Waals surface area contributed by atoms with Crippen molar-refractivity contribution in [3.05, 3.63) is 89.0 Å². The van der Waals surface area contributed by atoms with Crippen molar-refractivity contribution in [3.8, 4) is 17.2 Å². The average Bonchev–Trinajstić information content (AvgIpc) is 2.91. The van der Waals surface area contributed by atoms with Gasteiger partial charge in [0.2, 0.25) is 0 Å². The van der Waals surface area contributed by atoms with Gasteiger partial charge in [-0.25, -0.2) is 0 Å². The number of aliphatic hydroxyl groups excluding tert-OH is 2. The fraction of sp³-hybridized carbons (Fsp3) is 0.345. The van der Waals surface area contributed by atoms with Gasteiger partial charge in [0.05, 0.1) is 25.9 Å². The predicted octanol–water partition coefficient (Wildman–Crippen LogP) is 3.33. The van der Waals surface area contributed by atoms with E-state index in [2.05, 4.69) is 5.32 Å². The molecule has 1 aliphatic heterocycles. The summed E-state index contributed by atoms with van der Waals surface area (Å²) in [6.07, 6.45) is -0.169. The van der Waals surface area contributed by atoms with Gasteiger partial charge in [0, 0.05) is 19.0 Å². The van der Waals surface area contributed by atoms with Crippen LogP contribution >= 0.6 is 0 Å². The Morgan fingerprint density at radius 1 is 1.08 bits per heavy atom. The molecule has 0 amide bonds. The van der Waals surface area contributed by atoms with Gasteiger partial charge in [-0.1, -0.05) is 42.5 Å². The minimum absolute atomic E-state index is 0.153. The molecule has 3 aromatic rings. The molecule has 0 aliphatic carbocycles. The maximum Gasteiger partial charge on any atom is 0.308 e. The number of aliphatic hydroxyl groups is 2. The van der Waals surface area contributed by atoms with Gasteiger partial charge in [-0.05, 0) is 53.9 Å². The second-order valence-electron chi connectivity index (χ2n) is 8.92. The normalized spacial score (nSPS) is 15.3. The minimum Gasteiger partial charge on any atom is -0.486 e. The standard InChI is InChI=1S/C29H33NO7/c1-20(32)36-27-10-8-23(14-24(27)16-31)26(33)15-30-12-11-21-7-9-28-29(13-21)35-19-25(37-28)18-34-17-22-5-3-2-4-6-22/h2-10,13-14,25-26,30-31,33H,11-12,15-19H2,1H3/t25?,26-/m0/s1. The quantitative estimate of drug-likeness (QED) is 0.195. The Labute approximate surface area is 216 Å². The van der Waals surface area contributed by atoms with Gasteiger partial charge < -0.3 is 34.5 Å². The van der Waals surface area contributed by atoms with Gasteiger partial charge in [-0.2, -0.15) is 0 Å². The molecule has 0 fully saturated rings. The highest BCUT2D eigenvalue weighted by molar-refractivity contribution is 5.69. The van der Waals surface area contributed by atoms with Crippen LogP contribution in [0.15, 0.2) is 66.7 Å². The van der Waals surface area contributed by atoms with Crippen LogP contribution in [0.25, 0.3) is 0 Å². The van der Waals surface area contributed by atoms with Crippen LogP contribution in [0.1, 0.15) is 35.3 Å². The molecule has 0 spiro atoms. The van der Waals surface area contributed by atoms with E-state index < -0.39 is 12.1 Å². The molecule has 4 rings (SSSR count). The molecule has 1 unspecified atom stereocenters. The molecule has 0 saturated heterocycles. The summed E-state index contributed by atoms with van der Waals surface area (Å²) in [6, 6.07) is 20.8. The van der Waals surface area contributed by atoms with Crippen LogP contribution in [0.5, 0.6) is 17.2 Å². The number of nitrogens with one attached hydrogen (secondary N) is 1. The van der Waals surface area contributed by atoms with E-state index in [9.17, 15) is 15.0 Å². The SMILES string of the molecule is CC(=O)Oc1ccc([C@@H](O)CNCCc2ccc3c(c2)OCC(COCc2ccccc2)O3)cc1CO. The van der Waals surface area contributed by atoms with E-state index >= 15 is 0 Å². The first-order valence-electron chi connectivity index (χ1n) is 12.4. The molecule has 3 N–H and O–H groups in total. The minimum atomic E-state index is -0.766. The molecule has 1 aliphatic rings. The summed E-state index contributed by atoms with van der Waals surface area (Å²) in [5.41, 5.74) is 3.30. The maximum atomic E-state index is 11.2. The smallest absolute Gasteiger partial charge is 0.308 e. The van der Waals surface area contributed by atoms with E-state index in [1.807, 2.05) is 48.5 Å². The molecule has 1 heterocycles. The van der Waals surface area contributed by atoms with Crippen LogP contribution < -0.4 is 19.5 Å². The Hall–Kier alpha value is -3.43. The van der Waals surface area contributed by atoms with Crippen molar-refractivity contribution in [2.24, 2.45) is 0 Å². The second kappa shape index (κ2) is 13.2. The molecule has 8 heteroatoms. The third-order valence-electron chi connectivity index (χ3n) is 5.96. The third kappa shape index (κ3) is 7.77. The average molecular weight is 508 g/mol. The predicted molar refractivity (Wildman–Crippen MR) is 138 cm³/mol. The van der Waals surface area contributed by atoms with Crippen LogP contribution in [-0.4, -0.2) is 48.6 Å². The summed E-state index contributed by atoms with van der Waals surface area (Å²) in [5.74, 6) is 1.27. The van der Waals surface area contributed by atoms with Crippen LogP contribution in [0, 0.1) is 0 Å². The Bertz CT molecular complexity index is 1170. The van der Waals surface area contributed by atoms with Gasteiger partial charge in [-0.3, -0.25) is 4.79 Å². The first kappa shape index (κ1) is 26.6. The Kier molecular flexibility index (Phi) is 9.51. The van der Waals surface area contributed by atoms with E-state index in [4.69, 9.17) is 18.9 Å². The molecule has 3 aromatic carbocycles. The summed E-state index contributed by atoms with van der Waals surface area (Å²) >= 11 is 0. The van der Waals surface area contributed by atoms with Gasteiger partial charge in [0.15, 0.2) is 17.6 Å². The molecular weight excluding hydrogens is 474 g/mol. The number of hydrogen-bond donors (Lipinski definition) is 3. The lowest BCUT2D eigenvalue weighted by Gasteiger charge is -2.26. The number of fused-ring (bicyclic) bond motifs is 1. The monoisotopic (exact) mass is 507 g/mol. The highest BCUT2D eigenvalue weighted by atomic mass is 16.6. The molecule has 0 saturated carbocycles. The van der Waals surface area contributed by atoms with Gasteiger partial charge in [-0.15, -0.1) is 0 Å². The van der Waals surface area contributed by atoms with Crippen LogP contribution in [0.2, 0.25) is 0 Å². The van der Waals surface area contributed by atoms with Gasteiger partial charge in [0.1, 0.15) is 12.4 Å². The zero-order valence-corrected chi connectivity index (χ0v) is 20.9. The lowest BCUT2D eigenvalue weighted by atomic mass is 10.0. The molecule has 0 bridgehead atoms. The van der Waals surface area contributed by atoms with Crippen LogP contribution in [0.3, 0.4) is 0 Å². The van der Waals surface area contributed by atoms with Crippen molar-refractivity contribution < 1.29 is 34.0 Å². The lowest BCUT2D eigenvalue weighted by Crippen LogP contribution is -2.33. The fourth-order valence-corrected chi connectivity index (χ4v) is 4.05. The van der Waals surface area contributed by atoms with E-state index in [-0.39, 0.29) is 12.7 Å². The number of hydrogen-bond acceptors (Lipinski definition) is 8. The highest BCUT2D eigenvalue weighted by Crippen LogP contribution is 2.33. The van der Waals surface area contributed by atoms with E-state index in [0.29, 0.717) is 55.5 Å². The van der Waals surface area contributed by atoms with Crippen molar-refractivity contribution in [2.75, 3.05) is 26.3 Å². The van der Waals surface area contributed by atoms with Crippen molar-refractivity contribution in [3.63, 3.8) is 0 Å². The molecule has 37 heavy (non-hydrogen) atoms. The third-order valence-corrected chi connectivity index (χ3v) is 5.96. The zero-order valence-electron chi connectivity index (χ0n) is 20.9.